The lowest BCUT2D eigenvalue weighted by Gasteiger charge is -2.26. The van der Waals surface area contributed by atoms with Gasteiger partial charge in [0, 0.05) is 44.8 Å². The minimum absolute atomic E-state index is 0.0383. The molecule has 9 heteroatoms. The number of urea groups is 1. The Hall–Kier alpha value is -3.62. The number of anilines is 1. The quantitative estimate of drug-likeness (QED) is 0.572. The number of carbonyl (C=O) groups is 2. The lowest BCUT2D eigenvalue weighted by atomic mass is 10.1. The van der Waals surface area contributed by atoms with Crippen LogP contribution in [0, 0.1) is 0 Å². The molecule has 1 aliphatic heterocycles. The molecule has 1 aromatic carbocycles. The molecular weight excluding hydrogens is 432 g/mol. The third kappa shape index (κ3) is 6.69. The Labute approximate surface area is 201 Å². The number of carbonyl (C=O) groups excluding carboxylic acids is 2. The highest BCUT2D eigenvalue weighted by molar-refractivity contribution is 5.84. The van der Waals surface area contributed by atoms with E-state index in [4.69, 9.17) is 4.74 Å². The third-order valence-corrected chi connectivity index (χ3v) is 5.68. The predicted octanol–water partition coefficient (Wildman–Crippen LogP) is 2.80. The van der Waals surface area contributed by atoms with E-state index >= 15 is 0 Å². The first kappa shape index (κ1) is 25.0. The molecule has 3 amide bonds. The van der Waals surface area contributed by atoms with Crippen LogP contribution in [-0.4, -0.2) is 84.9 Å². The topological polar surface area (TPSA) is 90.9 Å². The average Bonchev–Trinajstić information content (AvgIpc) is 3.13. The minimum atomic E-state index is -0.238. The van der Waals surface area contributed by atoms with E-state index in [0.717, 1.165) is 42.2 Å². The lowest BCUT2D eigenvalue weighted by Crippen LogP contribution is -2.47. The first-order chi connectivity index (χ1) is 16.5. The number of hydrogen-bond donors (Lipinski definition) is 1. The van der Waals surface area contributed by atoms with Gasteiger partial charge in [0.2, 0.25) is 5.91 Å². The lowest BCUT2D eigenvalue weighted by molar-refractivity contribution is -0.131. The van der Waals surface area contributed by atoms with Gasteiger partial charge in [0.25, 0.3) is 0 Å². The van der Waals surface area contributed by atoms with Crippen molar-refractivity contribution in [2.45, 2.75) is 19.8 Å². The van der Waals surface area contributed by atoms with Crippen LogP contribution in [0.15, 0.2) is 49.1 Å². The van der Waals surface area contributed by atoms with Crippen LogP contribution < -0.4 is 15.0 Å². The highest BCUT2D eigenvalue weighted by Crippen LogP contribution is 2.23. The van der Waals surface area contributed by atoms with Gasteiger partial charge < -0.3 is 24.8 Å². The fourth-order valence-corrected chi connectivity index (χ4v) is 3.81. The molecule has 0 atom stereocenters. The van der Waals surface area contributed by atoms with Gasteiger partial charge in [0.1, 0.15) is 12.3 Å². The van der Waals surface area contributed by atoms with E-state index < -0.39 is 0 Å². The summed E-state index contributed by atoms with van der Waals surface area (Å²) in [5.41, 5.74) is 1.72. The van der Waals surface area contributed by atoms with Crippen molar-refractivity contribution in [2.24, 2.45) is 0 Å². The van der Waals surface area contributed by atoms with Crippen LogP contribution in [0.25, 0.3) is 11.3 Å². The smallest absolute Gasteiger partial charge is 0.318 e. The second kappa shape index (κ2) is 12.6. The standard InChI is InChI=1S/C25H34N6O3/c1-4-12-26-25(33)31(13-5-2)19-24(32)30-15-7-14-29(16-17-30)23-11-10-22(27-28-23)20-8-6-9-21(18-20)34-3/h5-6,8-11,18H,2,4,7,12-17,19H2,1,3H3,(H,26,33). The Morgan fingerprint density at radius 2 is 2.03 bits per heavy atom. The normalized spacial score (nSPS) is 13.7. The first-order valence-electron chi connectivity index (χ1n) is 11.7. The molecule has 9 nitrogen and oxygen atoms in total. The molecule has 1 aliphatic rings. The van der Waals surface area contributed by atoms with E-state index in [1.165, 1.54) is 4.90 Å². The summed E-state index contributed by atoms with van der Waals surface area (Å²) < 4.78 is 5.29. The van der Waals surface area contributed by atoms with Crippen LogP contribution in [-0.2, 0) is 4.79 Å². The van der Waals surface area contributed by atoms with Crippen molar-refractivity contribution in [3.63, 3.8) is 0 Å². The summed E-state index contributed by atoms with van der Waals surface area (Å²) in [5.74, 6) is 1.50. The zero-order chi connectivity index (χ0) is 24.3. The van der Waals surface area contributed by atoms with Crippen LogP contribution in [0.4, 0.5) is 10.6 Å². The maximum absolute atomic E-state index is 12.9. The largest absolute Gasteiger partial charge is 0.497 e. The summed E-state index contributed by atoms with van der Waals surface area (Å²) >= 11 is 0. The Kier molecular flexibility index (Phi) is 9.25. The van der Waals surface area contributed by atoms with Crippen LogP contribution in [0.1, 0.15) is 19.8 Å². The Balaban J connectivity index is 1.59. The molecular formula is C25H34N6O3. The number of nitrogens with one attached hydrogen (secondary N) is 1. The second-order valence-corrected chi connectivity index (χ2v) is 8.13. The summed E-state index contributed by atoms with van der Waals surface area (Å²) in [5, 5.41) is 11.7. The number of ether oxygens (including phenoxy) is 1. The molecule has 34 heavy (non-hydrogen) atoms. The highest BCUT2D eigenvalue weighted by Gasteiger charge is 2.23. The number of aromatic nitrogens is 2. The van der Waals surface area contributed by atoms with Crippen molar-refractivity contribution < 1.29 is 14.3 Å². The fourth-order valence-electron chi connectivity index (χ4n) is 3.81. The van der Waals surface area contributed by atoms with Gasteiger partial charge in [-0.2, -0.15) is 0 Å². The Morgan fingerprint density at radius 3 is 2.74 bits per heavy atom. The minimum Gasteiger partial charge on any atom is -0.497 e. The molecule has 0 saturated carbocycles. The first-order valence-corrected chi connectivity index (χ1v) is 11.7. The summed E-state index contributed by atoms with van der Waals surface area (Å²) in [6.45, 7) is 9.29. The molecule has 182 valence electrons. The molecule has 1 saturated heterocycles. The van der Waals surface area contributed by atoms with Crippen molar-refractivity contribution in [3.8, 4) is 17.0 Å². The molecule has 2 heterocycles. The summed E-state index contributed by atoms with van der Waals surface area (Å²) in [6, 6.07) is 11.4. The van der Waals surface area contributed by atoms with Gasteiger partial charge in [-0.3, -0.25) is 4.79 Å². The molecule has 1 N–H and O–H groups in total. The number of amides is 3. The zero-order valence-electron chi connectivity index (χ0n) is 20.1. The van der Waals surface area contributed by atoms with E-state index in [-0.39, 0.29) is 18.5 Å². The number of methoxy groups -OCH3 is 1. The van der Waals surface area contributed by atoms with Crippen molar-refractivity contribution in [3.05, 3.63) is 49.1 Å². The van der Waals surface area contributed by atoms with Crippen LogP contribution in [0.5, 0.6) is 5.75 Å². The fraction of sp³-hybridized carbons (Fsp3) is 0.440. The van der Waals surface area contributed by atoms with Gasteiger partial charge in [-0.05, 0) is 37.1 Å². The molecule has 1 fully saturated rings. The number of rotatable bonds is 9. The maximum atomic E-state index is 12.9. The maximum Gasteiger partial charge on any atom is 0.318 e. The van der Waals surface area contributed by atoms with Gasteiger partial charge in [0.15, 0.2) is 5.82 Å². The molecule has 1 aromatic heterocycles. The summed E-state index contributed by atoms with van der Waals surface area (Å²) in [4.78, 5) is 30.7. The molecule has 0 bridgehead atoms. The van der Waals surface area contributed by atoms with Crippen LogP contribution in [0.2, 0.25) is 0 Å². The van der Waals surface area contributed by atoms with Crippen molar-refractivity contribution >= 4 is 17.8 Å². The molecule has 0 radical (unpaired) electrons. The van der Waals surface area contributed by atoms with Crippen molar-refractivity contribution in [1.29, 1.82) is 0 Å². The molecule has 3 rings (SSSR count). The van der Waals surface area contributed by atoms with Gasteiger partial charge in [0.05, 0.1) is 12.8 Å². The monoisotopic (exact) mass is 466 g/mol. The summed E-state index contributed by atoms with van der Waals surface area (Å²) in [6.07, 6.45) is 3.29. The van der Waals surface area contributed by atoms with Crippen molar-refractivity contribution in [2.75, 3.05) is 57.8 Å². The van der Waals surface area contributed by atoms with Gasteiger partial charge in [-0.15, -0.1) is 16.8 Å². The van der Waals surface area contributed by atoms with Crippen LogP contribution in [0.3, 0.4) is 0 Å². The number of hydrogen-bond acceptors (Lipinski definition) is 6. The molecule has 0 aliphatic carbocycles. The molecule has 0 spiro atoms. The van der Waals surface area contributed by atoms with E-state index in [1.54, 1.807) is 13.2 Å². The summed E-state index contributed by atoms with van der Waals surface area (Å²) in [7, 11) is 1.64. The SMILES string of the molecule is C=CCN(CC(=O)N1CCCN(c2ccc(-c3cccc(OC)c3)nn2)CC1)C(=O)NCCC. The van der Waals surface area contributed by atoms with E-state index in [1.807, 2.05) is 48.2 Å². The van der Waals surface area contributed by atoms with E-state index in [9.17, 15) is 9.59 Å². The third-order valence-electron chi connectivity index (χ3n) is 5.68. The second-order valence-electron chi connectivity index (χ2n) is 8.13. The van der Waals surface area contributed by atoms with Crippen LogP contribution >= 0.6 is 0 Å². The predicted molar refractivity (Wildman–Crippen MR) is 133 cm³/mol. The average molecular weight is 467 g/mol. The highest BCUT2D eigenvalue weighted by atomic mass is 16.5. The van der Waals surface area contributed by atoms with Crippen molar-refractivity contribution in [1.82, 2.24) is 25.3 Å². The molecule has 2 aromatic rings. The van der Waals surface area contributed by atoms with Gasteiger partial charge >= 0.3 is 6.03 Å². The van der Waals surface area contributed by atoms with E-state index in [2.05, 4.69) is 27.0 Å². The van der Waals surface area contributed by atoms with Gasteiger partial charge in [-0.1, -0.05) is 25.1 Å². The Bertz CT molecular complexity index is 965. The Morgan fingerprint density at radius 1 is 1.18 bits per heavy atom. The van der Waals surface area contributed by atoms with Gasteiger partial charge in [-0.25, -0.2) is 4.79 Å². The van der Waals surface area contributed by atoms with E-state index in [0.29, 0.717) is 32.7 Å². The molecule has 0 unspecified atom stereocenters. The number of benzene rings is 1. The zero-order valence-corrected chi connectivity index (χ0v) is 20.1. The number of nitrogens with zero attached hydrogens (tertiary/aromatic N) is 5.